The molecular formula is C19H22N2O. The van der Waals surface area contributed by atoms with E-state index in [1.54, 1.807) is 0 Å². The van der Waals surface area contributed by atoms with Gasteiger partial charge in [-0.15, -0.1) is 0 Å². The van der Waals surface area contributed by atoms with Crippen molar-refractivity contribution in [3.8, 4) is 16.9 Å². The number of ether oxygens (including phenoxy) is 1. The number of hydrogen-bond acceptors (Lipinski definition) is 3. The second kappa shape index (κ2) is 5.73. The van der Waals surface area contributed by atoms with Crippen molar-refractivity contribution in [2.75, 3.05) is 0 Å². The first kappa shape index (κ1) is 13.8. The lowest BCUT2D eigenvalue weighted by Crippen LogP contribution is -2.42. The Labute approximate surface area is 131 Å². The van der Waals surface area contributed by atoms with Gasteiger partial charge in [0.2, 0.25) is 0 Å². The summed E-state index contributed by atoms with van der Waals surface area (Å²) in [4.78, 5) is 4.12. The highest BCUT2D eigenvalue weighted by molar-refractivity contribution is 5.70. The molecular weight excluding hydrogens is 272 g/mol. The first-order valence-corrected chi connectivity index (χ1v) is 8.22. The van der Waals surface area contributed by atoms with E-state index in [0.717, 1.165) is 18.6 Å². The molecule has 2 aliphatic rings. The summed E-state index contributed by atoms with van der Waals surface area (Å²) in [5, 5.41) is 3.67. The fraction of sp³-hybridized carbons (Fsp3) is 0.421. The summed E-state index contributed by atoms with van der Waals surface area (Å²) in [5.41, 5.74) is 3.60. The Morgan fingerprint density at radius 3 is 2.50 bits per heavy atom. The van der Waals surface area contributed by atoms with Crippen LogP contribution in [0.5, 0.6) is 5.75 Å². The molecule has 0 amide bonds. The first-order chi connectivity index (χ1) is 10.8. The molecule has 2 atom stereocenters. The van der Waals surface area contributed by atoms with Gasteiger partial charge in [0.05, 0.1) is 0 Å². The molecule has 0 spiro atoms. The third kappa shape index (κ3) is 2.73. The molecule has 1 N–H and O–H groups in total. The number of nitrogens with one attached hydrogen (secondary N) is 1. The normalized spacial score (nSPS) is 26.9. The van der Waals surface area contributed by atoms with Crippen LogP contribution in [-0.4, -0.2) is 23.2 Å². The highest BCUT2D eigenvalue weighted by Gasteiger charge is 2.34. The molecule has 22 heavy (non-hydrogen) atoms. The van der Waals surface area contributed by atoms with E-state index in [4.69, 9.17) is 4.74 Å². The van der Waals surface area contributed by atoms with Gasteiger partial charge >= 0.3 is 0 Å². The van der Waals surface area contributed by atoms with Crippen molar-refractivity contribution in [1.82, 2.24) is 10.3 Å². The number of aryl methyl sites for hydroxylation is 1. The molecule has 4 rings (SSSR count). The lowest BCUT2D eigenvalue weighted by Gasteiger charge is -2.30. The molecule has 114 valence electrons. The number of nitrogens with zero attached hydrogens (tertiary/aromatic N) is 1. The van der Waals surface area contributed by atoms with Crippen molar-refractivity contribution in [1.29, 1.82) is 0 Å². The van der Waals surface area contributed by atoms with Crippen LogP contribution in [0.3, 0.4) is 0 Å². The van der Waals surface area contributed by atoms with Crippen molar-refractivity contribution in [2.24, 2.45) is 0 Å². The van der Waals surface area contributed by atoms with E-state index in [9.17, 15) is 0 Å². The Bertz CT molecular complexity index is 644. The maximum atomic E-state index is 6.42. The van der Waals surface area contributed by atoms with Gasteiger partial charge in [0.1, 0.15) is 11.9 Å². The van der Waals surface area contributed by atoms with Gasteiger partial charge in [-0.1, -0.05) is 11.6 Å². The van der Waals surface area contributed by atoms with Gasteiger partial charge in [-0.3, -0.25) is 4.98 Å². The van der Waals surface area contributed by atoms with Crippen LogP contribution in [-0.2, 0) is 0 Å². The predicted molar refractivity (Wildman–Crippen MR) is 88.0 cm³/mol. The van der Waals surface area contributed by atoms with Gasteiger partial charge in [0, 0.05) is 30.0 Å². The quantitative estimate of drug-likeness (QED) is 0.937. The van der Waals surface area contributed by atoms with Crippen LogP contribution in [0.2, 0.25) is 0 Å². The fourth-order valence-corrected chi connectivity index (χ4v) is 3.78. The van der Waals surface area contributed by atoms with Crippen LogP contribution >= 0.6 is 0 Å². The Morgan fingerprint density at radius 1 is 1.05 bits per heavy atom. The Hall–Kier alpha value is -1.87. The number of piperidine rings is 1. The van der Waals surface area contributed by atoms with Gasteiger partial charge in [-0.25, -0.2) is 0 Å². The third-order valence-corrected chi connectivity index (χ3v) is 4.85. The maximum absolute atomic E-state index is 6.42. The highest BCUT2D eigenvalue weighted by atomic mass is 16.5. The van der Waals surface area contributed by atoms with E-state index in [-0.39, 0.29) is 0 Å². The second-order valence-electron chi connectivity index (χ2n) is 6.58. The number of aromatic nitrogens is 1. The molecule has 0 radical (unpaired) electrons. The zero-order chi connectivity index (χ0) is 14.9. The maximum Gasteiger partial charge on any atom is 0.127 e. The van der Waals surface area contributed by atoms with E-state index in [2.05, 4.69) is 35.4 Å². The van der Waals surface area contributed by atoms with Gasteiger partial charge in [-0.05, 0) is 62.4 Å². The van der Waals surface area contributed by atoms with Crippen molar-refractivity contribution < 1.29 is 4.74 Å². The summed E-state index contributed by atoms with van der Waals surface area (Å²) in [6.45, 7) is 2.12. The van der Waals surface area contributed by atoms with Crippen LogP contribution in [0.4, 0.5) is 0 Å². The van der Waals surface area contributed by atoms with E-state index in [0.29, 0.717) is 18.2 Å². The van der Waals surface area contributed by atoms with Gasteiger partial charge in [-0.2, -0.15) is 0 Å². The van der Waals surface area contributed by atoms with E-state index >= 15 is 0 Å². The Kier molecular flexibility index (Phi) is 3.59. The molecule has 3 heterocycles. The lowest BCUT2D eigenvalue weighted by atomic mass is 10.0. The number of benzene rings is 1. The standard InChI is InChI=1S/C19H22N2O/c1-13-2-5-19(18(10-13)14-6-8-20-9-7-14)22-17-11-15-3-4-16(12-17)21-15/h2,5-10,15-17,21H,3-4,11-12H2,1H3. The third-order valence-electron chi connectivity index (χ3n) is 4.85. The van der Waals surface area contributed by atoms with Crippen LogP contribution < -0.4 is 10.1 Å². The van der Waals surface area contributed by atoms with Crippen molar-refractivity contribution >= 4 is 0 Å². The molecule has 1 aromatic heterocycles. The average Bonchev–Trinajstić information content (AvgIpc) is 2.89. The largest absolute Gasteiger partial charge is 0.490 e. The second-order valence-corrected chi connectivity index (χ2v) is 6.58. The first-order valence-electron chi connectivity index (χ1n) is 8.22. The van der Waals surface area contributed by atoms with E-state index in [1.807, 2.05) is 24.5 Å². The van der Waals surface area contributed by atoms with Crippen molar-refractivity contribution in [3.05, 3.63) is 48.3 Å². The summed E-state index contributed by atoms with van der Waals surface area (Å²) in [6, 6.07) is 11.9. The van der Waals surface area contributed by atoms with Crippen LogP contribution in [0.15, 0.2) is 42.7 Å². The zero-order valence-corrected chi connectivity index (χ0v) is 13.0. The van der Waals surface area contributed by atoms with Crippen molar-refractivity contribution in [3.63, 3.8) is 0 Å². The Balaban J connectivity index is 1.61. The lowest BCUT2D eigenvalue weighted by molar-refractivity contribution is 0.138. The molecule has 3 nitrogen and oxygen atoms in total. The molecule has 0 aliphatic carbocycles. The number of rotatable bonds is 3. The van der Waals surface area contributed by atoms with Gasteiger partial charge < -0.3 is 10.1 Å². The molecule has 2 bridgehead atoms. The minimum Gasteiger partial charge on any atom is -0.490 e. The molecule has 2 aromatic rings. The molecule has 2 fully saturated rings. The molecule has 2 aliphatic heterocycles. The smallest absolute Gasteiger partial charge is 0.127 e. The molecule has 1 aromatic carbocycles. The van der Waals surface area contributed by atoms with E-state index in [1.165, 1.54) is 29.5 Å². The minimum absolute atomic E-state index is 0.335. The monoisotopic (exact) mass is 294 g/mol. The molecule has 3 heteroatoms. The summed E-state index contributed by atoms with van der Waals surface area (Å²) >= 11 is 0. The van der Waals surface area contributed by atoms with Crippen molar-refractivity contribution in [2.45, 2.75) is 50.8 Å². The molecule has 2 saturated heterocycles. The summed E-state index contributed by atoms with van der Waals surface area (Å²) in [7, 11) is 0. The topological polar surface area (TPSA) is 34.1 Å². The Morgan fingerprint density at radius 2 is 1.77 bits per heavy atom. The number of hydrogen-bond donors (Lipinski definition) is 1. The van der Waals surface area contributed by atoms with Crippen LogP contribution in [0.1, 0.15) is 31.2 Å². The number of pyridine rings is 1. The average molecular weight is 294 g/mol. The van der Waals surface area contributed by atoms with E-state index < -0.39 is 0 Å². The zero-order valence-electron chi connectivity index (χ0n) is 13.0. The summed E-state index contributed by atoms with van der Waals surface area (Å²) < 4.78 is 6.42. The fourth-order valence-electron chi connectivity index (χ4n) is 3.78. The SMILES string of the molecule is Cc1ccc(OC2CC3CCC(C2)N3)c(-c2ccncc2)c1. The number of fused-ring (bicyclic) bond motifs is 2. The van der Waals surface area contributed by atoms with Crippen LogP contribution in [0.25, 0.3) is 11.1 Å². The minimum atomic E-state index is 0.335. The van der Waals surface area contributed by atoms with Crippen LogP contribution in [0, 0.1) is 6.92 Å². The van der Waals surface area contributed by atoms with Gasteiger partial charge in [0.15, 0.2) is 0 Å². The molecule has 2 unspecified atom stereocenters. The predicted octanol–water partition coefficient (Wildman–Crippen LogP) is 3.72. The summed E-state index contributed by atoms with van der Waals surface area (Å²) in [6.07, 6.45) is 8.87. The summed E-state index contributed by atoms with van der Waals surface area (Å²) in [5.74, 6) is 1.00. The highest BCUT2D eigenvalue weighted by Crippen LogP contribution is 2.35. The van der Waals surface area contributed by atoms with Gasteiger partial charge in [0.25, 0.3) is 0 Å². The molecule has 0 saturated carbocycles.